The fourth-order valence-corrected chi connectivity index (χ4v) is 2.58. The van der Waals surface area contributed by atoms with Gasteiger partial charge in [0.2, 0.25) is 5.82 Å². The number of rotatable bonds is 5. The third-order valence-corrected chi connectivity index (χ3v) is 3.92. The lowest BCUT2D eigenvalue weighted by atomic mass is 10.3. The van der Waals surface area contributed by atoms with Gasteiger partial charge in [-0.25, -0.2) is 9.97 Å². The van der Waals surface area contributed by atoms with Gasteiger partial charge >= 0.3 is 6.43 Å². The van der Waals surface area contributed by atoms with Crippen LogP contribution in [-0.2, 0) is 6.54 Å². The Labute approximate surface area is 142 Å². The SMILES string of the molecule is FC(F)c1nnc(-c2cnc(Cn3nnc(-c4cccs4)n3)nc2)o1. The van der Waals surface area contributed by atoms with Gasteiger partial charge in [0.1, 0.15) is 6.54 Å². The van der Waals surface area contributed by atoms with Crippen molar-refractivity contribution < 1.29 is 13.2 Å². The highest BCUT2D eigenvalue weighted by Gasteiger charge is 2.17. The molecule has 126 valence electrons. The zero-order valence-electron chi connectivity index (χ0n) is 12.3. The monoisotopic (exact) mass is 362 g/mol. The molecule has 0 bridgehead atoms. The Kier molecular flexibility index (Phi) is 3.93. The van der Waals surface area contributed by atoms with Gasteiger partial charge in [-0.3, -0.25) is 0 Å². The van der Waals surface area contributed by atoms with Crippen molar-refractivity contribution >= 4 is 11.3 Å². The second kappa shape index (κ2) is 6.39. The lowest BCUT2D eigenvalue weighted by Crippen LogP contribution is -2.07. The predicted octanol–water partition coefficient (Wildman–Crippen LogP) is 2.23. The van der Waals surface area contributed by atoms with Crippen LogP contribution in [0.3, 0.4) is 0 Å². The Morgan fingerprint density at radius 1 is 1.16 bits per heavy atom. The minimum Gasteiger partial charge on any atom is -0.415 e. The second-order valence-electron chi connectivity index (χ2n) is 4.75. The smallest absolute Gasteiger partial charge is 0.314 e. The molecule has 4 aromatic rings. The Balaban J connectivity index is 1.48. The van der Waals surface area contributed by atoms with Gasteiger partial charge in [-0.15, -0.1) is 31.7 Å². The number of alkyl halides is 2. The van der Waals surface area contributed by atoms with E-state index in [1.807, 2.05) is 17.5 Å². The molecule has 0 aliphatic rings. The van der Waals surface area contributed by atoms with Crippen LogP contribution in [0.2, 0.25) is 0 Å². The Bertz CT molecular complexity index is 966. The van der Waals surface area contributed by atoms with Crippen LogP contribution in [0.4, 0.5) is 8.78 Å². The molecule has 0 saturated carbocycles. The Hall–Kier alpha value is -3.15. The molecule has 0 saturated heterocycles. The van der Waals surface area contributed by atoms with Crippen LogP contribution in [-0.4, -0.2) is 40.4 Å². The van der Waals surface area contributed by atoms with Crippen LogP contribution in [0.25, 0.3) is 22.2 Å². The maximum Gasteiger partial charge on any atom is 0.314 e. The Morgan fingerprint density at radius 3 is 2.68 bits per heavy atom. The molecular weight excluding hydrogens is 354 g/mol. The predicted molar refractivity (Wildman–Crippen MR) is 80.5 cm³/mol. The van der Waals surface area contributed by atoms with Gasteiger partial charge in [0.25, 0.3) is 11.8 Å². The third kappa shape index (κ3) is 3.24. The van der Waals surface area contributed by atoms with Crippen molar-refractivity contribution in [3.05, 3.63) is 41.6 Å². The average Bonchev–Trinajstić information content (AvgIpc) is 3.36. The average molecular weight is 362 g/mol. The van der Waals surface area contributed by atoms with Gasteiger partial charge in [-0.2, -0.15) is 13.6 Å². The number of hydrogen-bond donors (Lipinski definition) is 0. The molecule has 0 aliphatic heterocycles. The first-order valence-electron chi connectivity index (χ1n) is 6.93. The number of halogens is 2. The standard InChI is InChI=1S/C13H8F2N8OS/c14-10(15)13-20-19-12(24-13)7-4-16-9(17-5-7)6-23-21-11(18-22-23)8-2-1-3-25-8/h1-5,10H,6H2. The maximum absolute atomic E-state index is 12.5. The fraction of sp³-hybridized carbons (Fsp3) is 0.154. The van der Waals surface area contributed by atoms with E-state index in [4.69, 9.17) is 4.42 Å². The van der Waals surface area contributed by atoms with Crippen LogP contribution in [0.5, 0.6) is 0 Å². The summed E-state index contributed by atoms with van der Waals surface area (Å²) in [7, 11) is 0. The van der Waals surface area contributed by atoms with E-state index in [9.17, 15) is 8.78 Å². The first-order chi connectivity index (χ1) is 12.2. The highest BCUT2D eigenvalue weighted by Crippen LogP contribution is 2.22. The summed E-state index contributed by atoms with van der Waals surface area (Å²) in [4.78, 5) is 10.5. The van der Waals surface area contributed by atoms with E-state index in [0.717, 1.165) is 4.88 Å². The number of nitrogens with zero attached hydrogens (tertiary/aromatic N) is 8. The lowest BCUT2D eigenvalue weighted by Gasteiger charge is -1.99. The van der Waals surface area contributed by atoms with E-state index in [1.54, 1.807) is 0 Å². The molecule has 25 heavy (non-hydrogen) atoms. The summed E-state index contributed by atoms with van der Waals surface area (Å²) in [5.74, 6) is 0.136. The molecule has 4 rings (SSSR count). The molecule has 0 fully saturated rings. The van der Waals surface area contributed by atoms with Gasteiger partial charge < -0.3 is 4.42 Å². The van der Waals surface area contributed by atoms with E-state index in [0.29, 0.717) is 17.2 Å². The molecule has 4 heterocycles. The van der Waals surface area contributed by atoms with Crippen molar-refractivity contribution in [2.45, 2.75) is 13.0 Å². The summed E-state index contributed by atoms with van der Waals surface area (Å²) in [5.41, 5.74) is 0.342. The van der Waals surface area contributed by atoms with Gasteiger partial charge in [-0.05, 0) is 16.7 Å². The largest absolute Gasteiger partial charge is 0.415 e. The summed E-state index contributed by atoms with van der Waals surface area (Å²) >= 11 is 1.51. The second-order valence-corrected chi connectivity index (χ2v) is 5.70. The molecule has 0 spiro atoms. The minimum absolute atomic E-state index is 0.0688. The van der Waals surface area contributed by atoms with E-state index >= 15 is 0 Å². The van der Waals surface area contributed by atoms with Crippen LogP contribution in [0.1, 0.15) is 18.1 Å². The topological polar surface area (TPSA) is 108 Å². The molecular formula is C13H8F2N8OS. The van der Waals surface area contributed by atoms with Crippen molar-refractivity contribution in [1.82, 2.24) is 40.4 Å². The number of hydrogen-bond acceptors (Lipinski definition) is 9. The molecule has 12 heteroatoms. The molecule has 0 radical (unpaired) electrons. The van der Waals surface area contributed by atoms with Gasteiger partial charge in [0, 0.05) is 12.4 Å². The summed E-state index contributed by atoms with van der Waals surface area (Å²) in [6.45, 7) is 0.213. The van der Waals surface area contributed by atoms with E-state index in [-0.39, 0.29) is 12.4 Å². The summed E-state index contributed by atoms with van der Waals surface area (Å²) < 4.78 is 29.8. The maximum atomic E-state index is 12.5. The molecule has 0 aliphatic carbocycles. The number of aromatic nitrogens is 8. The molecule has 0 aromatic carbocycles. The molecule has 0 N–H and O–H groups in total. The Morgan fingerprint density at radius 2 is 2.00 bits per heavy atom. The van der Waals surface area contributed by atoms with Crippen LogP contribution in [0, 0.1) is 0 Å². The van der Waals surface area contributed by atoms with Crippen LogP contribution in [0.15, 0.2) is 34.3 Å². The van der Waals surface area contributed by atoms with Gasteiger partial charge in [0.05, 0.1) is 10.4 Å². The van der Waals surface area contributed by atoms with Crippen molar-refractivity contribution in [3.63, 3.8) is 0 Å². The highest BCUT2D eigenvalue weighted by atomic mass is 32.1. The summed E-state index contributed by atoms with van der Waals surface area (Å²) in [5, 5.41) is 20.9. The third-order valence-electron chi connectivity index (χ3n) is 3.06. The van der Waals surface area contributed by atoms with Crippen molar-refractivity contribution in [2.24, 2.45) is 0 Å². The zero-order chi connectivity index (χ0) is 17.2. The first-order valence-corrected chi connectivity index (χ1v) is 7.81. The quantitative estimate of drug-likeness (QED) is 0.532. The number of tetrazole rings is 1. The molecule has 0 amide bonds. The van der Waals surface area contributed by atoms with Crippen molar-refractivity contribution in [1.29, 1.82) is 0 Å². The van der Waals surface area contributed by atoms with E-state index in [2.05, 4.69) is 35.6 Å². The molecule has 4 aromatic heterocycles. The molecule has 9 nitrogen and oxygen atoms in total. The van der Waals surface area contributed by atoms with Crippen molar-refractivity contribution in [3.8, 4) is 22.2 Å². The van der Waals surface area contributed by atoms with Gasteiger partial charge in [-0.1, -0.05) is 6.07 Å². The summed E-state index contributed by atoms with van der Waals surface area (Å²) in [6.07, 6.45) is -0.0119. The zero-order valence-corrected chi connectivity index (χ0v) is 13.1. The fourth-order valence-electron chi connectivity index (χ4n) is 1.93. The first kappa shape index (κ1) is 15.4. The van der Waals surface area contributed by atoms with E-state index in [1.165, 1.54) is 28.5 Å². The molecule has 0 unspecified atom stereocenters. The molecule has 0 atom stereocenters. The minimum atomic E-state index is -2.82. The van der Waals surface area contributed by atoms with Crippen LogP contribution < -0.4 is 0 Å². The number of thiophene rings is 1. The van der Waals surface area contributed by atoms with Crippen LogP contribution >= 0.6 is 11.3 Å². The lowest BCUT2D eigenvalue weighted by molar-refractivity contribution is 0.116. The van der Waals surface area contributed by atoms with Crippen molar-refractivity contribution in [2.75, 3.05) is 0 Å². The van der Waals surface area contributed by atoms with E-state index < -0.39 is 12.3 Å². The summed E-state index contributed by atoms with van der Waals surface area (Å²) in [6, 6.07) is 3.80. The normalized spacial score (nSPS) is 11.3. The highest BCUT2D eigenvalue weighted by molar-refractivity contribution is 7.13. The van der Waals surface area contributed by atoms with Gasteiger partial charge in [0.15, 0.2) is 5.82 Å².